The standard InChI is InChI=1S/C48H46N4/c1-5-33-25-29-36(39(31-33)47-50-45(37-17-9-7-10-18-37)49-46(51-47)38-19-11-8-12-20-38)30-27-34-26-28-35(6-2)44(32-34)52-42-23-15-13-21-40(42)48(3,4)41-22-14-16-24-43(41)52/h7-26,28-29,32,39H,5-6,27,30-31H2,1-4H3/t39-/m0/s1. The van der Waals surface area contributed by atoms with Gasteiger partial charge in [-0.15, -0.1) is 0 Å². The fourth-order valence-electron chi connectivity index (χ4n) is 8.05. The van der Waals surface area contributed by atoms with Crippen LogP contribution in [0.1, 0.15) is 81.0 Å². The van der Waals surface area contributed by atoms with E-state index < -0.39 is 0 Å². The van der Waals surface area contributed by atoms with E-state index in [2.05, 4.69) is 136 Å². The molecular formula is C48H46N4. The molecule has 5 aromatic carbocycles. The molecule has 258 valence electrons. The topological polar surface area (TPSA) is 41.9 Å². The minimum Gasteiger partial charge on any atom is -0.310 e. The molecule has 2 aliphatic rings. The predicted octanol–water partition coefficient (Wildman–Crippen LogP) is 12.3. The molecule has 4 heteroatoms. The van der Waals surface area contributed by atoms with E-state index in [4.69, 9.17) is 15.0 Å². The van der Waals surface area contributed by atoms with Crippen molar-refractivity contribution in [3.63, 3.8) is 0 Å². The van der Waals surface area contributed by atoms with Crippen LogP contribution in [0.3, 0.4) is 0 Å². The van der Waals surface area contributed by atoms with E-state index in [-0.39, 0.29) is 11.3 Å². The first-order chi connectivity index (χ1) is 25.4. The Bertz CT molecular complexity index is 2180. The number of fused-ring (bicyclic) bond motifs is 2. The first-order valence-corrected chi connectivity index (χ1v) is 18.8. The molecule has 0 saturated heterocycles. The average molecular weight is 679 g/mol. The van der Waals surface area contributed by atoms with Gasteiger partial charge in [0, 0.05) is 28.1 Å². The maximum Gasteiger partial charge on any atom is 0.163 e. The summed E-state index contributed by atoms with van der Waals surface area (Å²) in [6.45, 7) is 9.21. The molecule has 0 saturated carbocycles. The van der Waals surface area contributed by atoms with Gasteiger partial charge in [-0.3, -0.25) is 0 Å². The van der Waals surface area contributed by atoms with Crippen molar-refractivity contribution in [3.8, 4) is 22.8 Å². The van der Waals surface area contributed by atoms with Crippen molar-refractivity contribution in [2.45, 2.75) is 71.1 Å². The lowest BCUT2D eigenvalue weighted by atomic mass is 9.73. The molecule has 0 amide bonds. The van der Waals surface area contributed by atoms with Crippen LogP contribution < -0.4 is 4.90 Å². The van der Waals surface area contributed by atoms with Gasteiger partial charge in [0.1, 0.15) is 5.82 Å². The van der Waals surface area contributed by atoms with Gasteiger partial charge < -0.3 is 4.90 Å². The summed E-state index contributed by atoms with van der Waals surface area (Å²) in [5.74, 6) is 2.39. The fraction of sp³-hybridized carbons (Fsp3) is 0.229. The molecule has 0 unspecified atom stereocenters. The van der Waals surface area contributed by atoms with E-state index in [1.165, 1.54) is 50.5 Å². The van der Waals surface area contributed by atoms with Crippen LogP contribution in [0.15, 0.2) is 151 Å². The number of rotatable bonds is 9. The van der Waals surface area contributed by atoms with Crippen molar-refractivity contribution in [2.24, 2.45) is 0 Å². The van der Waals surface area contributed by atoms with Crippen LogP contribution in [0.5, 0.6) is 0 Å². The summed E-state index contributed by atoms with van der Waals surface area (Å²) < 4.78 is 0. The van der Waals surface area contributed by atoms with Gasteiger partial charge in [0.2, 0.25) is 0 Å². The normalized spacial score (nSPS) is 16.1. The number of hydrogen-bond donors (Lipinski definition) is 0. The lowest BCUT2D eigenvalue weighted by molar-refractivity contribution is 0.631. The molecule has 1 aromatic heterocycles. The van der Waals surface area contributed by atoms with E-state index in [0.717, 1.165) is 60.7 Å². The number of benzene rings is 5. The van der Waals surface area contributed by atoms with Gasteiger partial charge in [0.15, 0.2) is 11.6 Å². The number of nitrogens with zero attached hydrogens (tertiary/aromatic N) is 4. The smallest absolute Gasteiger partial charge is 0.163 e. The molecule has 52 heavy (non-hydrogen) atoms. The van der Waals surface area contributed by atoms with Crippen molar-refractivity contribution in [2.75, 3.05) is 4.90 Å². The largest absolute Gasteiger partial charge is 0.310 e. The Labute approximate surface area is 308 Å². The van der Waals surface area contributed by atoms with Crippen LogP contribution >= 0.6 is 0 Å². The Balaban J connectivity index is 1.16. The molecule has 1 aliphatic heterocycles. The quantitative estimate of drug-likeness (QED) is 0.153. The van der Waals surface area contributed by atoms with Crippen molar-refractivity contribution < 1.29 is 0 Å². The summed E-state index contributed by atoms with van der Waals surface area (Å²) in [5, 5.41) is 0. The SMILES string of the molecule is CCC1=CC=C(CCc2ccc(CC)c(N3c4ccccc4C(C)(C)c4ccccc43)c2)[C@@H](c2nc(-c3ccccc3)nc(-c3ccccc3)n2)C1. The van der Waals surface area contributed by atoms with Crippen molar-refractivity contribution in [1.82, 2.24) is 15.0 Å². The first kappa shape index (κ1) is 33.5. The number of aromatic nitrogens is 3. The summed E-state index contributed by atoms with van der Waals surface area (Å²) in [6.07, 6.45) is 9.44. The summed E-state index contributed by atoms with van der Waals surface area (Å²) in [5.41, 5.74) is 13.9. The van der Waals surface area contributed by atoms with Gasteiger partial charge in [-0.25, -0.2) is 15.0 Å². The zero-order chi connectivity index (χ0) is 35.7. The second kappa shape index (κ2) is 14.2. The van der Waals surface area contributed by atoms with E-state index in [9.17, 15) is 0 Å². The number of allylic oxidation sites excluding steroid dienone is 4. The van der Waals surface area contributed by atoms with Crippen molar-refractivity contribution in [1.29, 1.82) is 0 Å². The molecule has 0 radical (unpaired) electrons. The Morgan fingerprint density at radius 2 is 1.17 bits per heavy atom. The molecule has 8 rings (SSSR count). The van der Waals surface area contributed by atoms with Crippen LogP contribution in [-0.4, -0.2) is 15.0 Å². The second-order valence-electron chi connectivity index (χ2n) is 14.6. The Kier molecular flexibility index (Phi) is 9.15. The van der Waals surface area contributed by atoms with Gasteiger partial charge in [-0.05, 0) is 72.6 Å². The highest BCUT2D eigenvalue weighted by molar-refractivity contribution is 5.87. The third-order valence-corrected chi connectivity index (χ3v) is 11.0. The highest BCUT2D eigenvalue weighted by Crippen LogP contribution is 2.52. The Hall–Kier alpha value is -5.61. The number of para-hydroxylation sites is 2. The van der Waals surface area contributed by atoms with E-state index >= 15 is 0 Å². The molecule has 2 heterocycles. The average Bonchev–Trinajstić information content (AvgIpc) is 3.20. The summed E-state index contributed by atoms with van der Waals surface area (Å²) >= 11 is 0. The highest BCUT2D eigenvalue weighted by atomic mass is 15.2. The molecule has 4 nitrogen and oxygen atoms in total. The predicted molar refractivity (Wildman–Crippen MR) is 215 cm³/mol. The lowest BCUT2D eigenvalue weighted by Crippen LogP contribution is -2.30. The first-order valence-electron chi connectivity index (χ1n) is 18.8. The monoisotopic (exact) mass is 678 g/mol. The van der Waals surface area contributed by atoms with Crippen LogP contribution in [0.25, 0.3) is 22.8 Å². The molecule has 6 aromatic rings. The number of anilines is 3. The summed E-state index contributed by atoms with van der Waals surface area (Å²) in [4.78, 5) is 17.9. The summed E-state index contributed by atoms with van der Waals surface area (Å²) in [7, 11) is 0. The fourth-order valence-corrected chi connectivity index (χ4v) is 8.05. The maximum atomic E-state index is 5.18. The minimum absolute atomic E-state index is 0.0865. The van der Waals surface area contributed by atoms with Crippen LogP contribution in [-0.2, 0) is 18.3 Å². The second-order valence-corrected chi connectivity index (χ2v) is 14.6. The molecule has 1 atom stereocenters. The molecule has 0 fully saturated rings. The van der Waals surface area contributed by atoms with E-state index in [1.807, 2.05) is 36.4 Å². The maximum absolute atomic E-state index is 5.18. The Morgan fingerprint density at radius 1 is 0.596 bits per heavy atom. The molecule has 0 bridgehead atoms. The zero-order valence-electron chi connectivity index (χ0n) is 30.7. The van der Waals surface area contributed by atoms with E-state index in [0.29, 0.717) is 0 Å². The van der Waals surface area contributed by atoms with Gasteiger partial charge in [-0.2, -0.15) is 0 Å². The number of hydrogen-bond acceptors (Lipinski definition) is 4. The van der Waals surface area contributed by atoms with Crippen LogP contribution in [0, 0.1) is 0 Å². The van der Waals surface area contributed by atoms with Gasteiger partial charge in [-0.1, -0.05) is 160 Å². The number of aryl methyl sites for hydroxylation is 2. The summed E-state index contributed by atoms with van der Waals surface area (Å²) in [6, 6.07) is 45.6. The van der Waals surface area contributed by atoms with Gasteiger partial charge in [0.25, 0.3) is 0 Å². The third-order valence-electron chi connectivity index (χ3n) is 11.0. The van der Waals surface area contributed by atoms with Gasteiger partial charge >= 0.3 is 0 Å². The van der Waals surface area contributed by atoms with Gasteiger partial charge in [0.05, 0.1) is 11.4 Å². The van der Waals surface area contributed by atoms with Crippen molar-refractivity contribution >= 4 is 17.1 Å². The molecule has 0 N–H and O–H groups in total. The van der Waals surface area contributed by atoms with Crippen LogP contribution in [0.4, 0.5) is 17.1 Å². The minimum atomic E-state index is -0.0865. The van der Waals surface area contributed by atoms with E-state index in [1.54, 1.807) is 0 Å². The lowest BCUT2D eigenvalue weighted by Gasteiger charge is -2.42. The Morgan fingerprint density at radius 3 is 1.75 bits per heavy atom. The zero-order valence-corrected chi connectivity index (χ0v) is 30.7. The van der Waals surface area contributed by atoms with Crippen molar-refractivity contribution in [3.05, 3.63) is 179 Å². The van der Waals surface area contributed by atoms with Crippen LogP contribution in [0.2, 0.25) is 0 Å². The highest BCUT2D eigenvalue weighted by Gasteiger charge is 2.37. The molecule has 1 aliphatic carbocycles. The third kappa shape index (κ3) is 6.28. The molecule has 0 spiro atoms. The molecular weight excluding hydrogens is 633 g/mol.